The van der Waals surface area contributed by atoms with Gasteiger partial charge in [0, 0.05) is 18.2 Å². The largest absolute Gasteiger partial charge is 0.276 e. The summed E-state index contributed by atoms with van der Waals surface area (Å²) in [4.78, 5) is 20.5. The molecule has 0 amide bonds. The highest BCUT2D eigenvalue weighted by molar-refractivity contribution is 6.66. The van der Waals surface area contributed by atoms with Gasteiger partial charge in [-0.2, -0.15) is 0 Å². The first-order valence-corrected chi connectivity index (χ1v) is 4.51. The maximum absolute atomic E-state index is 10.6. The van der Waals surface area contributed by atoms with E-state index in [1.807, 2.05) is 0 Å². The van der Waals surface area contributed by atoms with E-state index in [1.54, 1.807) is 19.1 Å². The van der Waals surface area contributed by atoms with Gasteiger partial charge >= 0.3 is 0 Å². The number of halogens is 1. The molecule has 5 heteroatoms. The van der Waals surface area contributed by atoms with Gasteiger partial charge in [-0.1, -0.05) is 0 Å². The molecule has 0 fully saturated rings. The van der Waals surface area contributed by atoms with E-state index >= 15 is 0 Å². The molecule has 0 heterocycles. The molecule has 0 aliphatic rings. The van der Waals surface area contributed by atoms with Crippen molar-refractivity contribution < 1.29 is 9.72 Å². The van der Waals surface area contributed by atoms with Crippen molar-refractivity contribution in [3.63, 3.8) is 0 Å². The van der Waals surface area contributed by atoms with Crippen LogP contribution in [-0.2, 0) is 4.79 Å². The van der Waals surface area contributed by atoms with E-state index in [4.69, 9.17) is 11.6 Å². The minimum absolute atomic E-state index is 0.0174. The van der Waals surface area contributed by atoms with Gasteiger partial charge in [0.05, 0.1) is 4.92 Å². The van der Waals surface area contributed by atoms with Crippen LogP contribution >= 0.6 is 11.6 Å². The van der Waals surface area contributed by atoms with Gasteiger partial charge in [-0.3, -0.25) is 14.9 Å². The molecule has 0 atom stereocenters. The van der Waals surface area contributed by atoms with Gasteiger partial charge in [0.25, 0.3) is 5.69 Å². The predicted octanol–water partition coefficient (Wildman–Crippen LogP) is 2.76. The predicted molar refractivity (Wildman–Crippen MR) is 57.6 cm³/mol. The van der Waals surface area contributed by atoms with Crippen LogP contribution in [0.15, 0.2) is 30.3 Å². The third kappa shape index (κ3) is 3.18. The standard InChI is InChI=1S/C10H8ClNO3/c1-7(6-10(11)13)8-2-4-9(5-3-8)12(14)15/h2-6H,1H3/b7-6+. The third-order valence-corrected chi connectivity index (χ3v) is 1.97. The molecular formula is C10H8ClNO3. The molecule has 0 spiro atoms. The van der Waals surface area contributed by atoms with Crippen LogP contribution in [0.1, 0.15) is 12.5 Å². The van der Waals surface area contributed by atoms with Crippen molar-refractivity contribution in [1.82, 2.24) is 0 Å². The first kappa shape index (κ1) is 11.4. The molecule has 4 nitrogen and oxygen atoms in total. The topological polar surface area (TPSA) is 60.2 Å². The molecule has 1 rings (SSSR count). The van der Waals surface area contributed by atoms with Crippen molar-refractivity contribution in [3.05, 3.63) is 46.0 Å². The monoisotopic (exact) mass is 225 g/mol. The molecule has 0 bridgehead atoms. The molecule has 0 saturated heterocycles. The molecule has 78 valence electrons. The Kier molecular flexibility index (Phi) is 3.57. The van der Waals surface area contributed by atoms with Crippen molar-refractivity contribution in [3.8, 4) is 0 Å². The number of carbonyl (C=O) groups is 1. The van der Waals surface area contributed by atoms with Crippen LogP contribution in [0.3, 0.4) is 0 Å². The van der Waals surface area contributed by atoms with E-state index in [-0.39, 0.29) is 5.69 Å². The molecule has 0 aliphatic heterocycles. The molecule has 0 saturated carbocycles. The van der Waals surface area contributed by atoms with E-state index < -0.39 is 10.2 Å². The number of rotatable bonds is 3. The Balaban J connectivity index is 2.99. The second kappa shape index (κ2) is 4.70. The van der Waals surface area contributed by atoms with Crippen LogP contribution in [0.5, 0.6) is 0 Å². The number of hydrogen-bond acceptors (Lipinski definition) is 3. The number of nitrogens with zero attached hydrogens (tertiary/aromatic N) is 1. The van der Waals surface area contributed by atoms with E-state index in [0.29, 0.717) is 5.57 Å². The maximum atomic E-state index is 10.6. The smallest absolute Gasteiger partial charge is 0.269 e. The second-order valence-corrected chi connectivity index (χ2v) is 3.31. The number of nitro benzene ring substituents is 1. The quantitative estimate of drug-likeness (QED) is 0.344. The molecule has 1 aromatic carbocycles. The lowest BCUT2D eigenvalue weighted by Crippen LogP contribution is -1.88. The zero-order valence-electron chi connectivity index (χ0n) is 7.94. The van der Waals surface area contributed by atoms with Crippen LogP contribution in [-0.4, -0.2) is 10.2 Å². The van der Waals surface area contributed by atoms with Crippen LogP contribution in [0.4, 0.5) is 5.69 Å². The summed E-state index contributed by atoms with van der Waals surface area (Å²) < 4.78 is 0. The van der Waals surface area contributed by atoms with Crippen LogP contribution in [0.25, 0.3) is 5.57 Å². The summed E-state index contributed by atoms with van der Waals surface area (Å²) in [6.07, 6.45) is 1.27. The summed E-state index contributed by atoms with van der Waals surface area (Å²) in [6, 6.07) is 5.91. The van der Waals surface area contributed by atoms with Gasteiger partial charge in [0.2, 0.25) is 5.24 Å². The minimum Gasteiger partial charge on any atom is -0.276 e. The normalized spacial score (nSPS) is 11.2. The molecule has 0 unspecified atom stereocenters. The Hall–Kier alpha value is -1.68. The van der Waals surface area contributed by atoms with Crippen molar-refractivity contribution >= 4 is 28.1 Å². The lowest BCUT2D eigenvalue weighted by Gasteiger charge is -1.99. The summed E-state index contributed by atoms with van der Waals surface area (Å²) in [5, 5.41) is 9.81. The Morgan fingerprint density at radius 3 is 2.33 bits per heavy atom. The van der Waals surface area contributed by atoms with Gasteiger partial charge in [0.15, 0.2) is 0 Å². The zero-order chi connectivity index (χ0) is 11.4. The molecule has 0 radical (unpaired) electrons. The van der Waals surface area contributed by atoms with Crippen LogP contribution in [0, 0.1) is 10.1 Å². The average molecular weight is 226 g/mol. The lowest BCUT2D eigenvalue weighted by atomic mass is 10.1. The van der Waals surface area contributed by atoms with Gasteiger partial charge in [0.1, 0.15) is 0 Å². The highest BCUT2D eigenvalue weighted by Gasteiger charge is 2.04. The SMILES string of the molecule is C/C(=C\C(=O)Cl)c1ccc([N+](=O)[O-])cc1. The Labute approximate surface area is 91.3 Å². The van der Waals surface area contributed by atoms with Crippen molar-refractivity contribution in [2.75, 3.05) is 0 Å². The molecule has 15 heavy (non-hydrogen) atoms. The minimum atomic E-state index is -0.564. The second-order valence-electron chi connectivity index (χ2n) is 2.94. The summed E-state index contributed by atoms with van der Waals surface area (Å²) in [5.41, 5.74) is 1.42. The fourth-order valence-corrected chi connectivity index (χ4v) is 1.26. The van der Waals surface area contributed by atoms with Crippen molar-refractivity contribution in [2.24, 2.45) is 0 Å². The van der Waals surface area contributed by atoms with Crippen molar-refractivity contribution in [1.29, 1.82) is 0 Å². The highest BCUT2D eigenvalue weighted by Crippen LogP contribution is 2.18. The first-order valence-electron chi connectivity index (χ1n) is 4.13. The lowest BCUT2D eigenvalue weighted by molar-refractivity contribution is -0.384. The number of nitro groups is 1. The summed E-state index contributed by atoms with van der Waals surface area (Å²) in [7, 11) is 0. The molecular weight excluding hydrogens is 218 g/mol. The fourth-order valence-electron chi connectivity index (χ4n) is 1.10. The highest BCUT2D eigenvalue weighted by atomic mass is 35.5. The van der Waals surface area contributed by atoms with E-state index in [9.17, 15) is 14.9 Å². The number of non-ortho nitro benzene ring substituents is 1. The first-order chi connectivity index (χ1) is 7.00. The summed E-state index contributed by atoms with van der Waals surface area (Å²) in [6.45, 7) is 1.71. The average Bonchev–Trinajstić information content (AvgIpc) is 2.17. The van der Waals surface area contributed by atoms with Gasteiger partial charge in [-0.25, -0.2) is 0 Å². The van der Waals surface area contributed by atoms with E-state index in [0.717, 1.165) is 5.56 Å². The third-order valence-electron chi connectivity index (χ3n) is 1.86. The molecule has 0 aromatic heterocycles. The summed E-state index contributed by atoms with van der Waals surface area (Å²) >= 11 is 5.18. The zero-order valence-corrected chi connectivity index (χ0v) is 8.69. The fraction of sp³-hybridized carbons (Fsp3) is 0.100. The Morgan fingerprint density at radius 1 is 1.40 bits per heavy atom. The van der Waals surface area contributed by atoms with E-state index in [2.05, 4.69) is 0 Å². The summed E-state index contributed by atoms with van der Waals surface area (Å²) in [5.74, 6) is 0. The Morgan fingerprint density at radius 2 is 1.93 bits per heavy atom. The number of hydrogen-bond donors (Lipinski definition) is 0. The van der Waals surface area contributed by atoms with Crippen LogP contribution in [0.2, 0.25) is 0 Å². The van der Waals surface area contributed by atoms with Gasteiger partial charge in [-0.15, -0.1) is 0 Å². The Bertz CT molecular complexity index is 423. The maximum Gasteiger partial charge on any atom is 0.269 e. The number of benzene rings is 1. The van der Waals surface area contributed by atoms with E-state index in [1.165, 1.54) is 18.2 Å². The molecule has 0 aliphatic carbocycles. The molecule has 0 N–H and O–H groups in total. The van der Waals surface area contributed by atoms with Gasteiger partial charge < -0.3 is 0 Å². The van der Waals surface area contributed by atoms with Crippen LogP contribution < -0.4 is 0 Å². The number of allylic oxidation sites excluding steroid dienone is 2. The van der Waals surface area contributed by atoms with Gasteiger partial charge in [-0.05, 0) is 41.8 Å². The number of carbonyl (C=O) groups excluding carboxylic acids is 1. The molecule has 1 aromatic rings. The van der Waals surface area contributed by atoms with Crippen molar-refractivity contribution in [2.45, 2.75) is 6.92 Å².